The second kappa shape index (κ2) is 5.22. The van der Waals surface area contributed by atoms with Gasteiger partial charge in [0.25, 0.3) is 10.0 Å². The summed E-state index contributed by atoms with van der Waals surface area (Å²) in [6.45, 7) is 1.70. The zero-order valence-electron chi connectivity index (χ0n) is 10.2. The van der Waals surface area contributed by atoms with Crippen molar-refractivity contribution in [2.75, 3.05) is 11.8 Å². The smallest absolute Gasteiger partial charge is 0.264 e. The Morgan fingerprint density at radius 3 is 2.63 bits per heavy atom. The molecule has 0 spiro atoms. The van der Waals surface area contributed by atoms with Crippen molar-refractivity contribution < 1.29 is 17.7 Å². The van der Waals surface area contributed by atoms with Crippen LogP contribution >= 0.6 is 15.9 Å². The van der Waals surface area contributed by atoms with Gasteiger partial charge in [-0.3, -0.25) is 0 Å². The minimum absolute atomic E-state index is 0.0736. The number of aromatic nitrogens is 1. The maximum atomic E-state index is 12.1. The summed E-state index contributed by atoms with van der Waals surface area (Å²) in [5.41, 5.74) is 0.591. The number of nitrogens with zero attached hydrogens (tertiary/aromatic N) is 1. The molecule has 6 nitrogen and oxygen atoms in total. The molecule has 0 unspecified atom stereocenters. The van der Waals surface area contributed by atoms with E-state index in [9.17, 15) is 8.42 Å². The number of aryl methyl sites for hydroxylation is 1. The van der Waals surface area contributed by atoms with Gasteiger partial charge in [-0.1, -0.05) is 5.16 Å². The van der Waals surface area contributed by atoms with Crippen molar-refractivity contribution in [2.24, 2.45) is 0 Å². The molecular formula is C11H11BrN2O4S. The molecule has 0 bridgehead atoms. The van der Waals surface area contributed by atoms with Crippen molar-refractivity contribution in [3.63, 3.8) is 0 Å². The van der Waals surface area contributed by atoms with Crippen LogP contribution in [-0.4, -0.2) is 20.7 Å². The highest BCUT2D eigenvalue weighted by Gasteiger charge is 2.18. The van der Waals surface area contributed by atoms with Gasteiger partial charge in [0.2, 0.25) is 5.88 Å². The molecule has 0 saturated heterocycles. The molecule has 8 heteroatoms. The van der Waals surface area contributed by atoms with E-state index in [-0.39, 0.29) is 10.8 Å². The summed E-state index contributed by atoms with van der Waals surface area (Å²) in [5, 5.41) is 3.61. The number of nitrogens with one attached hydrogen (secondary N) is 1. The average molecular weight is 347 g/mol. The van der Waals surface area contributed by atoms with E-state index in [1.807, 2.05) is 0 Å². The molecule has 1 heterocycles. The maximum Gasteiger partial charge on any atom is 0.264 e. The Morgan fingerprint density at radius 2 is 2.11 bits per heavy atom. The first-order chi connectivity index (χ1) is 8.92. The number of hydrogen-bond acceptors (Lipinski definition) is 5. The Morgan fingerprint density at radius 1 is 1.37 bits per heavy atom. The predicted molar refractivity (Wildman–Crippen MR) is 72.7 cm³/mol. The largest absolute Gasteiger partial charge is 0.496 e. The Hall–Kier alpha value is -1.54. The highest BCUT2D eigenvalue weighted by atomic mass is 79.9. The number of rotatable bonds is 4. The quantitative estimate of drug-likeness (QED) is 0.919. The van der Waals surface area contributed by atoms with Gasteiger partial charge in [0.05, 0.1) is 22.2 Å². The van der Waals surface area contributed by atoms with Crippen molar-refractivity contribution in [1.29, 1.82) is 0 Å². The van der Waals surface area contributed by atoms with Crippen LogP contribution in [0.25, 0.3) is 0 Å². The zero-order valence-corrected chi connectivity index (χ0v) is 12.6. The minimum atomic E-state index is -3.72. The molecule has 1 N–H and O–H groups in total. The van der Waals surface area contributed by atoms with Crippen molar-refractivity contribution >= 4 is 31.8 Å². The van der Waals surface area contributed by atoms with Crippen LogP contribution in [0.4, 0.5) is 5.88 Å². The number of sulfonamides is 1. The molecule has 0 aliphatic carbocycles. The summed E-state index contributed by atoms with van der Waals surface area (Å²) in [6, 6.07) is 5.94. The molecule has 2 rings (SSSR count). The summed E-state index contributed by atoms with van der Waals surface area (Å²) in [4.78, 5) is 0.0919. The van der Waals surface area contributed by atoms with Crippen LogP contribution in [0.2, 0.25) is 0 Å². The second-order valence-corrected chi connectivity index (χ2v) is 6.27. The zero-order chi connectivity index (χ0) is 14.0. The number of ether oxygens (including phenoxy) is 1. The molecule has 1 aromatic carbocycles. The Kier molecular flexibility index (Phi) is 3.81. The fourth-order valence-electron chi connectivity index (χ4n) is 1.42. The predicted octanol–water partition coefficient (Wildman–Crippen LogP) is 2.55. The average Bonchev–Trinajstić information content (AvgIpc) is 2.73. The molecule has 0 aliphatic rings. The first-order valence-electron chi connectivity index (χ1n) is 5.22. The topological polar surface area (TPSA) is 81.4 Å². The summed E-state index contributed by atoms with van der Waals surface area (Å²) in [7, 11) is -2.21. The van der Waals surface area contributed by atoms with Gasteiger partial charge in [0.1, 0.15) is 5.75 Å². The van der Waals surface area contributed by atoms with Crippen LogP contribution in [0.1, 0.15) is 5.69 Å². The van der Waals surface area contributed by atoms with E-state index in [4.69, 9.17) is 9.26 Å². The lowest BCUT2D eigenvalue weighted by Crippen LogP contribution is -2.12. The molecular weight excluding hydrogens is 336 g/mol. The number of methoxy groups -OCH3 is 1. The van der Waals surface area contributed by atoms with E-state index >= 15 is 0 Å². The number of anilines is 1. The van der Waals surface area contributed by atoms with E-state index in [1.165, 1.54) is 25.3 Å². The van der Waals surface area contributed by atoms with E-state index in [0.29, 0.717) is 15.9 Å². The van der Waals surface area contributed by atoms with Gasteiger partial charge < -0.3 is 9.26 Å². The van der Waals surface area contributed by atoms with E-state index < -0.39 is 10.0 Å². The first kappa shape index (κ1) is 13.9. The second-order valence-electron chi connectivity index (χ2n) is 3.73. The monoisotopic (exact) mass is 346 g/mol. The van der Waals surface area contributed by atoms with Crippen molar-refractivity contribution in [3.8, 4) is 5.75 Å². The van der Waals surface area contributed by atoms with Crippen molar-refractivity contribution in [2.45, 2.75) is 11.8 Å². The molecule has 0 aliphatic heterocycles. The highest BCUT2D eigenvalue weighted by Crippen LogP contribution is 2.28. The third-order valence-electron chi connectivity index (χ3n) is 2.30. The highest BCUT2D eigenvalue weighted by molar-refractivity contribution is 9.10. The van der Waals surface area contributed by atoms with Gasteiger partial charge in [-0.15, -0.1) is 0 Å². The molecule has 0 saturated carbocycles. The van der Waals surface area contributed by atoms with Crippen LogP contribution in [0.5, 0.6) is 5.75 Å². The van der Waals surface area contributed by atoms with Crippen molar-refractivity contribution in [1.82, 2.24) is 5.16 Å². The standard InChI is InChI=1S/C11H11BrN2O4S/c1-7-5-11(18-13-7)14-19(15,16)8-3-4-10(17-2)9(12)6-8/h3-6,14H,1-2H3. The molecule has 1 aromatic heterocycles. The molecule has 0 amide bonds. The van der Waals surface area contributed by atoms with Crippen molar-refractivity contribution in [3.05, 3.63) is 34.4 Å². The van der Waals surface area contributed by atoms with Gasteiger partial charge in [0, 0.05) is 6.07 Å². The molecule has 0 fully saturated rings. The third kappa shape index (κ3) is 3.07. The lowest BCUT2D eigenvalue weighted by molar-refractivity contribution is 0.411. The molecule has 102 valence electrons. The molecule has 2 aromatic rings. The Labute approximate surface area is 118 Å². The fourth-order valence-corrected chi connectivity index (χ4v) is 3.11. The van der Waals surface area contributed by atoms with Crippen LogP contribution in [0.3, 0.4) is 0 Å². The third-order valence-corrected chi connectivity index (χ3v) is 4.26. The Bertz CT molecular complexity index is 696. The maximum absolute atomic E-state index is 12.1. The molecule has 0 atom stereocenters. The van der Waals surface area contributed by atoms with Crippen LogP contribution in [0, 0.1) is 6.92 Å². The van der Waals surface area contributed by atoms with Crippen LogP contribution in [-0.2, 0) is 10.0 Å². The van der Waals surface area contributed by atoms with Crippen LogP contribution in [0.15, 0.2) is 38.2 Å². The summed E-state index contributed by atoms with van der Waals surface area (Å²) in [5.74, 6) is 0.624. The number of hydrogen-bond donors (Lipinski definition) is 1. The van der Waals surface area contributed by atoms with Gasteiger partial charge >= 0.3 is 0 Å². The summed E-state index contributed by atoms with van der Waals surface area (Å²) < 4.78 is 36.9. The van der Waals surface area contributed by atoms with Gasteiger partial charge in [-0.25, -0.2) is 13.1 Å². The van der Waals surface area contributed by atoms with Gasteiger partial charge in [-0.2, -0.15) is 0 Å². The molecule has 19 heavy (non-hydrogen) atoms. The minimum Gasteiger partial charge on any atom is -0.496 e. The normalized spacial score (nSPS) is 11.3. The van der Waals surface area contributed by atoms with E-state index in [1.54, 1.807) is 13.0 Å². The first-order valence-corrected chi connectivity index (χ1v) is 7.49. The Balaban J connectivity index is 2.31. The van der Waals surface area contributed by atoms with Gasteiger partial charge in [0.15, 0.2) is 0 Å². The number of halogens is 1. The van der Waals surface area contributed by atoms with E-state index in [2.05, 4.69) is 25.8 Å². The molecule has 0 radical (unpaired) electrons. The van der Waals surface area contributed by atoms with E-state index in [0.717, 1.165) is 0 Å². The van der Waals surface area contributed by atoms with Gasteiger partial charge in [-0.05, 0) is 41.1 Å². The fraction of sp³-hybridized carbons (Fsp3) is 0.182. The summed E-state index contributed by atoms with van der Waals surface area (Å²) >= 11 is 3.24. The lowest BCUT2D eigenvalue weighted by atomic mass is 10.3. The number of benzene rings is 1. The lowest BCUT2D eigenvalue weighted by Gasteiger charge is -2.07. The summed E-state index contributed by atoms with van der Waals surface area (Å²) in [6.07, 6.45) is 0. The SMILES string of the molecule is COc1ccc(S(=O)(=O)Nc2cc(C)no2)cc1Br. The van der Waals surface area contributed by atoms with Crippen LogP contribution < -0.4 is 9.46 Å².